The van der Waals surface area contributed by atoms with Crippen molar-refractivity contribution in [3.63, 3.8) is 0 Å². The summed E-state index contributed by atoms with van der Waals surface area (Å²) in [5.41, 5.74) is 4.80. The van der Waals surface area contributed by atoms with Crippen LogP contribution in [0.2, 0.25) is 0 Å². The van der Waals surface area contributed by atoms with E-state index in [1.165, 1.54) is 0 Å². The second kappa shape index (κ2) is 7.54. The monoisotopic (exact) mass is 469 g/mol. The molecule has 5 heterocycles. The first-order valence-electron chi connectivity index (χ1n) is 11.7. The zero-order valence-electron chi connectivity index (χ0n) is 20.1. The van der Waals surface area contributed by atoms with E-state index in [0.29, 0.717) is 22.4 Å². The molecule has 1 aromatic carbocycles. The van der Waals surface area contributed by atoms with Gasteiger partial charge < -0.3 is 14.8 Å². The third-order valence-electron chi connectivity index (χ3n) is 6.60. The number of aromatic nitrogens is 8. The van der Waals surface area contributed by atoms with Gasteiger partial charge in [-0.15, -0.1) is 15.3 Å². The molecule has 0 aliphatic carbocycles. The summed E-state index contributed by atoms with van der Waals surface area (Å²) in [5.74, 6) is 0.0953. The molecule has 5 aromatic rings. The molecule has 0 bridgehead atoms. The molecule has 0 amide bonds. The minimum absolute atomic E-state index is 0.0250. The van der Waals surface area contributed by atoms with Crippen molar-refractivity contribution in [3.8, 4) is 28.3 Å². The van der Waals surface area contributed by atoms with Gasteiger partial charge in [0.25, 0.3) is 0 Å². The summed E-state index contributed by atoms with van der Waals surface area (Å²) < 4.78 is 3.79. The lowest BCUT2D eigenvalue weighted by Crippen LogP contribution is -2.58. The summed E-state index contributed by atoms with van der Waals surface area (Å²) in [6.45, 7) is 8.83. The lowest BCUT2D eigenvalue weighted by Gasteiger charge is -2.46. The van der Waals surface area contributed by atoms with Crippen LogP contribution < -0.4 is 5.32 Å². The van der Waals surface area contributed by atoms with Crippen molar-refractivity contribution in [2.45, 2.75) is 57.7 Å². The fourth-order valence-corrected chi connectivity index (χ4v) is 5.45. The number of benzene rings is 1. The number of phenols is 1. The molecule has 1 saturated heterocycles. The molecule has 1 aliphatic rings. The number of nitrogens with one attached hydrogen (secondary N) is 1. The molecule has 4 aromatic heterocycles. The molecule has 35 heavy (non-hydrogen) atoms. The fraction of sp³-hybridized carbons (Fsp3) is 0.360. The van der Waals surface area contributed by atoms with E-state index in [4.69, 9.17) is 0 Å². The van der Waals surface area contributed by atoms with Gasteiger partial charge in [0.15, 0.2) is 0 Å². The summed E-state index contributed by atoms with van der Waals surface area (Å²) >= 11 is 0. The Bertz CT molecular complexity index is 1550. The molecule has 2 N–H and O–H groups in total. The Balaban J connectivity index is 1.32. The lowest BCUT2D eigenvalue weighted by atomic mass is 9.80. The maximum absolute atomic E-state index is 10.8. The number of fused-ring (bicyclic) bond motifs is 2. The van der Waals surface area contributed by atoms with Crippen molar-refractivity contribution in [2.24, 2.45) is 0 Å². The van der Waals surface area contributed by atoms with Crippen LogP contribution in [-0.2, 0) is 0 Å². The van der Waals surface area contributed by atoms with Crippen LogP contribution in [0, 0.1) is 0 Å². The predicted molar refractivity (Wildman–Crippen MR) is 132 cm³/mol. The Labute approximate surface area is 202 Å². The van der Waals surface area contributed by atoms with E-state index in [-0.39, 0.29) is 22.9 Å². The maximum atomic E-state index is 10.8. The van der Waals surface area contributed by atoms with Gasteiger partial charge in [-0.2, -0.15) is 0 Å². The van der Waals surface area contributed by atoms with Gasteiger partial charge in [-0.25, -0.2) is 9.67 Å². The van der Waals surface area contributed by atoms with Crippen molar-refractivity contribution in [1.82, 2.24) is 44.9 Å². The molecule has 1 fully saturated rings. The molecule has 0 saturated carbocycles. The minimum Gasteiger partial charge on any atom is -0.507 e. The van der Waals surface area contributed by atoms with Gasteiger partial charge in [-0.3, -0.25) is 4.98 Å². The Hall–Kier alpha value is -3.92. The van der Waals surface area contributed by atoms with Crippen LogP contribution in [0.4, 0.5) is 0 Å². The van der Waals surface area contributed by atoms with Gasteiger partial charge in [0.1, 0.15) is 11.3 Å². The molecule has 178 valence electrons. The fourth-order valence-electron chi connectivity index (χ4n) is 5.45. The maximum Gasteiger partial charge on any atom is 0.201 e. The second-order valence-electron chi connectivity index (χ2n) is 10.7. The number of piperidine rings is 1. The summed E-state index contributed by atoms with van der Waals surface area (Å²) in [7, 11) is 0. The number of rotatable bonds is 3. The number of nitrogens with zero attached hydrogens (tertiary/aromatic N) is 8. The number of hydrogen-bond donors (Lipinski definition) is 2. The minimum atomic E-state index is -0.0250. The van der Waals surface area contributed by atoms with Crippen molar-refractivity contribution in [3.05, 3.63) is 49.2 Å². The molecular formula is C25H27N9O. The number of imidazole rings is 1. The van der Waals surface area contributed by atoms with Gasteiger partial charge in [-0.05, 0) is 58.7 Å². The third kappa shape index (κ3) is 3.89. The molecular weight excluding hydrogens is 442 g/mol. The van der Waals surface area contributed by atoms with Gasteiger partial charge in [0.05, 0.1) is 41.7 Å². The van der Waals surface area contributed by atoms with Gasteiger partial charge in [0.2, 0.25) is 5.65 Å². The van der Waals surface area contributed by atoms with Crippen LogP contribution in [0.1, 0.15) is 46.6 Å². The Morgan fingerprint density at radius 3 is 2.54 bits per heavy atom. The van der Waals surface area contributed by atoms with Crippen molar-refractivity contribution < 1.29 is 5.11 Å². The van der Waals surface area contributed by atoms with Crippen LogP contribution in [0.3, 0.4) is 0 Å². The van der Waals surface area contributed by atoms with E-state index in [1.807, 2.05) is 33.5 Å². The van der Waals surface area contributed by atoms with Crippen LogP contribution in [0.25, 0.3) is 39.2 Å². The highest BCUT2D eigenvalue weighted by Gasteiger charge is 2.39. The predicted octanol–water partition coefficient (Wildman–Crippen LogP) is 3.79. The second-order valence-corrected chi connectivity index (χ2v) is 10.7. The summed E-state index contributed by atoms with van der Waals surface area (Å²) in [6.07, 6.45) is 8.93. The molecule has 10 heteroatoms. The highest BCUT2D eigenvalue weighted by Crippen LogP contribution is 2.37. The number of hydrogen-bond acceptors (Lipinski definition) is 8. The molecule has 1 aliphatic heterocycles. The zero-order valence-corrected chi connectivity index (χ0v) is 20.1. The van der Waals surface area contributed by atoms with E-state index in [1.54, 1.807) is 24.8 Å². The largest absolute Gasteiger partial charge is 0.507 e. The van der Waals surface area contributed by atoms with E-state index in [0.717, 1.165) is 29.6 Å². The molecule has 0 unspecified atom stereocenters. The van der Waals surface area contributed by atoms with Gasteiger partial charge in [0, 0.05) is 28.4 Å². The molecule has 0 radical (unpaired) electrons. The van der Waals surface area contributed by atoms with Crippen molar-refractivity contribution >= 4 is 16.7 Å². The Kier molecular flexibility index (Phi) is 4.65. The smallest absolute Gasteiger partial charge is 0.201 e. The first-order valence-corrected chi connectivity index (χ1v) is 11.7. The highest BCUT2D eigenvalue weighted by atomic mass is 16.3. The average molecular weight is 470 g/mol. The van der Waals surface area contributed by atoms with Crippen LogP contribution >= 0.6 is 0 Å². The quantitative estimate of drug-likeness (QED) is 0.410. The first kappa shape index (κ1) is 21.6. The van der Waals surface area contributed by atoms with Crippen molar-refractivity contribution in [1.29, 1.82) is 0 Å². The standard InChI is InChI=1S/C25H27N9O/c1-24(2)9-16(10-25(3,4)31-24)34-23-20(29-32-34)8-19(28-30-23)18-6-5-15(7-22(18)35)21-13-33-14-26-11-17(33)12-27-21/h5-8,11-14,16,31,35H,9-10H2,1-4H3. The lowest BCUT2D eigenvalue weighted by molar-refractivity contribution is 0.127. The van der Waals surface area contributed by atoms with Crippen molar-refractivity contribution in [2.75, 3.05) is 0 Å². The van der Waals surface area contributed by atoms with E-state index in [9.17, 15) is 5.11 Å². The van der Waals surface area contributed by atoms with Gasteiger partial charge >= 0.3 is 0 Å². The van der Waals surface area contributed by atoms with Crippen LogP contribution in [-0.4, -0.2) is 55.7 Å². The SMILES string of the molecule is CC1(C)CC(n2nnc3cc(-c4ccc(-c5cn6cncc6cn5)cc4O)nnc32)CC(C)(C)N1. The molecule has 10 nitrogen and oxygen atoms in total. The van der Waals surface area contributed by atoms with E-state index in [2.05, 4.69) is 63.5 Å². The molecule has 0 atom stereocenters. The average Bonchev–Trinajstić information content (AvgIpc) is 3.43. The zero-order chi connectivity index (χ0) is 24.4. The normalized spacial score (nSPS) is 17.8. The molecule has 0 spiro atoms. The van der Waals surface area contributed by atoms with Crippen LogP contribution in [0.5, 0.6) is 5.75 Å². The summed E-state index contributed by atoms with van der Waals surface area (Å²) in [5, 5.41) is 32.2. The van der Waals surface area contributed by atoms with Crippen LogP contribution in [0.15, 0.2) is 49.2 Å². The molecule has 6 rings (SSSR count). The number of phenolic OH excluding ortho intramolecular Hbond substituents is 1. The Morgan fingerprint density at radius 2 is 1.77 bits per heavy atom. The first-order chi connectivity index (χ1) is 16.7. The Morgan fingerprint density at radius 1 is 0.971 bits per heavy atom. The third-order valence-corrected chi connectivity index (χ3v) is 6.60. The highest BCUT2D eigenvalue weighted by molar-refractivity contribution is 5.79. The summed E-state index contributed by atoms with van der Waals surface area (Å²) in [4.78, 5) is 8.60. The van der Waals surface area contributed by atoms with E-state index < -0.39 is 0 Å². The van der Waals surface area contributed by atoms with Gasteiger partial charge in [-0.1, -0.05) is 11.3 Å². The number of aromatic hydroxyl groups is 1. The topological polar surface area (TPSA) is 119 Å². The summed E-state index contributed by atoms with van der Waals surface area (Å²) in [6, 6.07) is 7.40. The van der Waals surface area contributed by atoms with E-state index >= 15 is 0 Å².